The zero-order valence-electron chi connectivity index (χ0n) is 11.8. The molecule has 1 aromatic rings. The van der Waals surface area contributed by atoms with Gasteiger partial charge in [0.25, 0.3) is 0 Å². The van der Waals surface area contributed by atoms with E-state index in [1.54, 1.807) is 0 Å². The molecule has 1 fully saturated rings. The molecule has 18 heavy (non-hydrogen) atoms. The summed E-state index contributed by atoms with van der Waals surface area (Å²) in [6.07, 6.45) is 5.42. The zero-order chi connectivity index (χ0) is 12.8. The Morgan fingerprint density at radius 2 is 2.11 bits per heavy atom. The van der Waals surface area contributed by atoms with Gasteiger partial charge in [-0.3, -0.25) is 0 Å². The Hall–Kier alpha value is -1.02. The van der Waals surface area contributed by atoms with Crippen molar-refractivity contribution in [3.8, 4) is 0 Å². The monoisotopic (exact) mass is 246 g/mol. The second kappa shape index (κ2) is 6.79. The minimum absolute atomic E-state index is 0.789. The van der Waals surface area contributed by atoms with Crippen molar-refractivity contribution in [2.75, 3.05) is 25.0 Å². The van der Waals surface area contributed by atoms with E-state index < -0.39 is 0 Å². The lowest BCUT2D eigenvalue weighted by Gasteiger charge is -2.33. The number of hydrogen-bond donors (Lipinski definition) is 1. The standard InChI is InChI=1S/C16H26N2/c1-14-8-3-4-10-16(14)17-11-7-13-18-12-6-5-9-15(18)2/h3-4,8,10,15,17H,5-7,9,11-13H2,1-2H3. The van der Waals surface area contributed by atoms with Gasteiger partial charge in [-0.15, -0.1) is 0 Å². The summed E-state index contributed by atoms with van der Waals surface area (Å²) >= 11 is 0. The Morgan fingerprint density at radius 3 is 2.89 bits per heavy atom. The van der Waals surface area contributed by atoms with Gasteiger partial charge in [-0.25, -0.2) is 0 Å². The molecule has 2 nitrogen and oxygen atoms in total. The van der Waals surface area contributed by atoms with Crippen LogP contribution in [-0.4, -0.2) is 30.6 Å². The first-order chi connectivity index (χ1) is 8.77. The highest BCUT2D eigenvalue weighted by Gasteiger charge is 2.16. The van der Waals surface area contributed by atoms with Gasteiger partial charge in [-0.05, 0) is 51.3 Å². The molecule has 1 aliphatic rings. The number of para-hydroxylation sites is 1. The second-order valence-electron chi connectivity index (χ2n) is 5.48. The predicted molar refractivity (Wildman–Crippen MR) is 79.2 cm³/mol. The van der Waals surface area contributed by atoms with E-state index in [-0.39, 0.29) is 0 Å². The number of benzene rings is 1. The third kappa shape index (κ3) is 3.74. The largest absolute Gasteiger partial charge is 0.385 e. The maximum absolute atomic E-state index is 3.54. The summed E-state index contributed by atoms with van der Waals surface area (Å²) in [6.45, 7) is 8.14. The van der Waals surface area contributed by atoms with Crippen LogP contribution in [0.3, 0.4) is 0 Å². The Bertz CT molecular complexity index is 362. The number of piperidine rings is 1. The molecule has 1 aromatic carbocycles. The first kappa shape index (κ1) is 13.4. The van der Waals surface area contributed by atoms with Crippen LogP contribution in [0.1, 0.15) is 38.2 Å². The maximum Gasteiger partial charge on any atom is 0.0369 e. The van der Waals surface area contributed by atoms with E-state index in [1.165, 1.54) is 50.0 Å². The maximum atomic E-state index is 3.54. The molecule has 1 atom stereocenters. The summed E-state index contributed by atoms with van der Waals surface area (Å²) in [6, 6.07) is 9.31. The Labute approximate surface area is 111 Å². The van der Waals surface area contributed by atoms with Crippen LogP contribution in [0.5, 0.6) is 0 Å². The molecule has 100 valence electrons. The van der Waals surface area contributed by atoms with Gasteiger partial charge < -0.3 is 10.2 Å². The highest BCUT2D eigenvalue weighted by molar-refractivity contribution is 5.50. The van der Waals surface area contributed by atoms with E-state index >= 15 is 0 Å². The molecule has 0 aliphatic carbocycles. The van der Waals surface area contributed by atoms with Crippen molar-refractivity contribution in [2.45, 2.75) is 45.6 Å². The minimum Gasteiger partial charge on any atom is -0.385 e. The van der Waals surface area contributed by atoms with Crippen molar-refractivity contribution in [3.05, 3.63) is 29.8 Å². The van der Waals surface area contributed by atoms with Crippen LogP contribution in [0.15, 0.2) is 24.3 Å². The van der Waals surface area contributed by atoms with E-state index in [0.29, 0.717) is 0 Å². The molecule has 0 aromatic heterocycles. The van der Waals surface area contributed by atoms with Crippen LogP contribution in [0.2, 0.25) is 0 Å². The van der Waals surface area contributed by atoms with Gasteiger partial charge in [0.05, 0.1) is 0 Å². The van der Waals surface area contributed by atoms with Crippen LogP contribution in [0.4, 0.5) is 5.69 Å². The van der Waals surface area contributed by atoms with E-state index in [1.807, 2.05) is 0 Å². The first-order valence-corrected chi connectivity index (χ1v) is 7.31. The van der Waals surface area contributed by atoms with Crippen molar-refractivity contribution in [3.63, 3.8) is 0 Å². The van der Waals surface area contributed by atoms with Gasteiger partial charge in [-0.2, -0.15) is 0 Å². The van der Waals surface area contributed by atoms with Crippen LogP contribution in [0.25, 0.3) is 0 Å². The minimum atomic E-state index is 0.789. The van der Waals surface area contributed by atoms with Crippen molar-refractivity contribution in [2.24, 2.45) is 0 Å². The first-order valence-electron chi connectivity index (χ1n) is 7.31. The number of anilines is 1. The zero-order valence-corrected chi connectivity index (χ0v) is 11.8. The van der Waals surface area contributed by atoms with Crippen molar-refractivity contribution in [1.82, 2.24) is 4.90 Å². The van der Waals surface area contributed by atoms with Crippen molar-refractivity contribution >= 4 is 5.69 Å². The van der Waals surface area contributed by atoms with Gasteiger partial charge in [0, 0.05) is 24.8 Å². The molecule has 0 saturated carbocycles. The molecule has 1 N–H and O–H groups in total. The van der Waals surface area contributed by atoms with Crippen LogP contribution >= 0.6 is 0 Å². The molecular formula is C16H26N2. The van der Waals surface area contributed by atoms with Gasteiger partial charge in [-0.1, -0.05) is 24.6 Å². The topological polar surface area (TPSA) is 15.3 Å². The number of aryl methyl sites for hydroxylation is 1. The number of hydrogen-bond acceptors (Lipinski definition) is 2. The fraction of sp³-hybridized carbons (Fsp3) is 0.625. The molecule has 2 heteroatoms. The molecule has 0 bridgehead atoms. The molecule has 1 heterocycles. The third-order valence-corrected chi connectivity index (χ3v) is 4.02. The summed E-state index contributed by atoms with van der Waals surface area (Å²) in [5.74, 6) is 0. The highest BCUT2D eigenvalue weighted by atomic mass is 15.2. The van der Waals surface area contributed by atoms with Gasteiger partial charge in [0.1, 0.15) is 0 Å². The fourth-order valence-corrected chi connectivity index (χ4v) is 2.77. The van der Waals surface area contributed by atoms with Gasteiger partial charge in [0.2, 0.25) is 0 Å². The number of nitrogens with zero attached hydrogens (tertiary/aromatic N) is 1. The molecule has 1 aliphatic heterocycles. The fourth-order valence-electron chi connectivity index (χ4n) is 2.77. The summed E-state index contributed by atoms with van der Waals surface area (Å²) in [4.78, 5) is 2.64. The number of nitrogens with one attached hydrogen (secondary N) is 1. The molecule has 1 saturated heterocycles. The normalized spacial score (nSPS) is 20.9. The molecular weight excluding hydrogens is 220 g/mol. The molecule has 2 rings (SSSR count). The van der Waals surface area contributed by atoms with Gasteiger partial charge in [0.15, 0.2) is 0 Å². The van der Waals surface area contributed by atoms with E-state index in [9.17, 15) is 0 Å². The van der Waals surface area contributed by atoms with Crippen LogP contribution in [0, 0.1) is 6.92 Å². The number of likely N-dealkylation sites (tertiary alicyclic amines) is 1. The van der Waals surface area contributed by atoms with Crippen LogP contribution < -0.4 is 5.32 Å². The summed E-state index contributed by atoms with van der Waals surface area (Å²) < 4.78 is 0. The van der Waals surface area contributed by atoms with Crippen molar-refractivity contribution in [1.29, 1.82) is 0 Å². The van der Waals surface area contributed by atoms with Crippen LogP contribution in [-0.2, 0) is 0 Å². The number of rotatable bonds is 5. The molecule has 0 spiro atoms. The van der Waals surface area contributed by atoms with Gasteiger partial charge >= 0.3 is 0 Å². The molecule has 0 amide bonds. The van der Waals surface area contributed by atoms with E-state index in [0.717, 1.165) is 12.6 Å². The Morgan fingerprint density at radius 1 is 1.28 bits per heavy atom. The smallest absolute Gasteiger partial charge is 0.0369 e. The average Bonchev–Trinajstić information content (AvgIpc) is 2.38. The summed E-state index contributed by atoms with van der Waals surface area (Å²) in [7, 11) is 0. The van der Waals surface area contributed by atoms with E-state index in [2.05, 4.69) is 48.3 Å². The highest BCUT2D eigenvalue weighted by Crippen LogP contribution is 2.17. The third-order valence-electron chi connectivity index (χ3n) is 4.02. The summed E-state index contributed by atoms with van der Waals surface area (Å²) in [5, 5.41) is 3.54. The molecule has 0 radical (unpaired) electrons. The Balaban J connectivity index is 1.68. The summed E-state index contributed by atoms with van der Waals surface area (Å²) in [5.41, 5.74) is 2.62. The second-order valence-corrected chi connectivity index (χ2v) is 5.48. The van der Waals surface area contributed by atoms with E-state index in [4.69, 9.17) is 0 Å². The lowest BCUT2D eigenvalue weighted by Crippen LogP contribution is -2.38. The lowest BCUT2D eigenvalue weighted by molar-refractivity contribution is 0.160. The molecule has 1 unspecified atom stereocenters. The lowest BCUT2D eigenvalue weighted by atomic mass is 10.0. The van der Waals surface area contributed by atoms with Crippen molar-refractivity contribution < 1.29 is 0 Å². The Kier molecular flexibility index (Phi) is 5.06. The quantitative estimate of drug-likeness (QED) is 0.797. The predicted octanol–water partition coefficient (Wildman–Crippen LogP) is 3.67. The average molecular weight is 246 g/mol. The SMILES string of the molecule is Cc1ccccc1NCCCN1CCCCC1C.